The number of ether oxygens (including phenoxy) is 2. The summed E-state index contributed by atoms with van der Waals surface area (Å²) < 4.78 is 10.7. The van der Waals surface area contributed by atoms with Crippen molar-refractivity contribution >= 4 is 5.97 Å². The van der Waals surface area contributed by atoms with Gasteiger partial charge in [-0.3, -0.25) is 4.79 Å². The van der Waals surface area contributed by atoms with E-state index in [4.69, 9.17) is 9.47 Å². The van der Waals surface area contributed by atoms with E-state index in [1.807, 2.05) is 39.0 Å². The van der Waals surface area contributed by atoms with Gasteiger partial charge in [-0.25, -0.2) is 0 Å². The third-order valence-corrected chi connectivity index (χ3v) is 4.03. The molecule has 1 saturated heterocycles. The van der Waals surface area contributed by atoms with Gasteiger partial charge in [-0.2, -0.15) is 0 Å². The Bertz CT molecular complexity index is 416. The van der Waals surface area contributed by atoms with Crippen LogP contribution in [0.3, 0.4) is 0 Å². The SMILES string of the molecule is CC[C@H](O)/C=C/[C@H]1OC[C@H](O)[C@@H]1CC/C=C\CCC(=O)OC(C)C. The van der Waals surface area contributed by atoms with E-state index in [2.05, 4.69) is 0 Å². The molecule has 1 aliphatic heterocycles. The van der Waals surface area contributed by atoms with Crippen molar-refractivity contribution in [1.29, 1.82) is 0 Å². The standard InChI is InChI=1S/C19H32O5/c1-4-15(20)11-12-18-16(17(21)13-23-18)9-7-5-6-8-10-19(22)24-14(2)3/h5-6,11-12,14-18,20-21H,4,7-10,13H2,1-3H3/b6-5-,12-11+/t15-,16-,17-,18+/m0/s1. The number of carbonyl (C=O) groups is 1. The third kappa shape index (κ3) is 8.08. The number of aliphatic hydroxyl groups excluding tert-OH is 2. The summed E-state index contributed by atoms with van der Waals surface area (Å²) in [6.45, 7) is 5.94. The molecule has 24 heavy (non-hydrogen) atoms. The minimum absolute atomic E-state index is 0.0425. The minimum atomic E-state index is -0.465. The molecule has 0 aromatic rings. The van der Waals surface area contributed by atoms with Crippen molar-refractivity contribution in [3.8, 4) is 0 Å². The normalized spacial score (nSPS) is 25.8. The summed E-state index contributed by atoms with van der Waals surface area (Å²) in [4.78, 5) is 11.4. The Kier molecular flexibility index (Phi) is 9.91. The van der Waals surface area contributed by atoms with Gasteiger partial charge in [-0.1, -0.05) is 31.2 Å². The van der Waals surface area contributed by atoms with Crippen molar-refractivity contribution in [3.05, 3.63) is 24.3 Å². The van der Waals surface area contributed by atoms with Crippen LogP contribution in [-0.4, -0.2) is 47.2 Å². The lowest BCUT2D eigenvalue weighted by atomic mass is 9.93. The van der Waals surface area contributed by atoms with Crippen molar-refractivity contribution in [3.63, 3.8) is 0 Å². The molecule has 0 spiro atoms. The molecule has 0 radical (unpaired) electrons. The highest BCUT2D eigenvalue weighted by Crippen LogP contribution is 2.27. The first-order valence-electron chi connectivity index (χ1n) is 8.94. The molecule has 0 amide bonds. The predicted octanol–water partition coefficient (Wildman–Crippen LogP) is 2.76. The Balaban J connectivity index is 2.30. The van der Waals surface area contributed by atoms with E-state index in [1.165, 1.54) is 0 Å². The van der Waals surface area contributed by atoms with Crippen LogP contribution in [0.5, 0.6) is 0 Å². The molecule has 5 heteroatoms. The monoisotopic (exact) mass is 340 g/mol. The van der Waals surface area contributed by atoms with Crippen molar-refractivity contribution in [1.82, 2.24) is 0 Å². The second kappa shape index (κ2) is 11.4. The van der Waals surface area contributed by atoms with Gasteiger partial charge in [0.25, 0.3) is 0 Å². The van der Waals surface area contributed by atoms with Crippen molar-refractivity contribution in [2.75, 3.05) is 6.61 Å². The van der Waals surface area contributed by atoms with E-state index in [-0.39, 0.29) is 24.1 Å². The average Bonchev–Trinajstić information content (AvgIpc) is 2.88. The van der Waals surface area contributed by atoms with Gasteiger partial charge in [0.1, 0.15) is 0 Å². The number of carbonyl (C=O) groups excluding carboxylic acids is 1. The molecule has 0 aromatic heterocycles. The van der Waals surface area contributed by atoms with Crippen LogP contribution in [0.2, 0.25) is 0 Å². The van der Waals surface area contributed by atoms with Crippen LogP contribution in [-0.2, 0) is 14.3 Å². The number of hydrogen-bond donors (Lipinski definition) is 2. The number of hydrogen-bond acceptors (Lipinski definition) is 5. The van der Waals surface area contributed by atoms with Gasteiger partial charge in [0, 0.05) is 12.3 Å². The highest BCUT2D eigenvalue weighted by Gasteiger charge is 2.33. The summed E-state index contributed by atoms with van der Waals surface area (Å²) in [6, 6.07) is 0. The first-order valence-corrected chi connectivity index (χ1v) is 8.94. The van der Waals surface area contributed by atoms with Gasteiger partial charge in [-0.15, -0.1) is 0 Å². The number of aliphatic hydroxyl groups is 2. The van der Waals surface area contributed by atoms with Gasteiger partial charge in [0.2, 0.25) is 0 Å². The number of allylic oxidation sites excluding steroid dienone is 2. The maximum Gasteiger partial charge on any atom is 0.306 e. The fraction of sp³-hybridized carbons (Fsp3) is 0.737. The molecular formula is C19H32O5. The summed E-state index contributed by atoms with van der Waals surface area (Å²) in [7, 11) is 0. The molecule has 1 rings (SSSR count). The molecule has 1 aliphatic rings. The van der Waals surface area contributed by atoms with Crippen molar-refractivity contribution in [2.45, 2.75) is 77.3 Å². The Morgan fingerprint density at radius 1 is 1.33 bits per heavy atom. The Morgan fingerprint density at radius 2 is 2.04 bits per heavy atom. The summed E-state index contributed by atoms with van der Waals surface area (Å²) >= 11 is 0. The van der Waals surface area contributed by atoms with E-state index in [1.54, 1.807) is 6.08 Å². The van der Waals surface area contributed by atoms with E-state index >= 15 is 0 Å². The van der Waals surface area contributed by atoms with Crippen LogP contribution in [0.25, 0.3) is 0 Å². The summed E-state index contributed by atoms with van der Waals surface area (Å²) in [5, 5.41) is 19.6. The highest BCUT2D eigenvalue weighted by molar-refractivity contribution is 5.69. The van der Waals surface area contributed by atoms with Gasteiger partial charge in [0.05, 0.1) is 31.0 Å². The first-order chi connectivity index (χ1) is 11.4. The maximum absolute atomic E-state index is 11.4. The van der Waals surface area contributed by atoms with Crippen LogP contribution < -0.4 is 0 Å². The lowest BCUT2D eigenvalue weighted by Gasteiger charge is -2.17. The predicted molar refractivity (Wildman–Crippen MR) is 93.5 cm³/mol. The Hall–Kier alpha value is -1.17. The van der Waals surface area contributed by atoms with Gasteiger partial charge in [0.15, 0.2) is 0 Å². The van der Waals surface area contributed by atoms with Crippen molar-refractivity contribution in [2.24, 2.45) is 5.92 Å². The lowest BCUT2D eigenvalue weighted by Crippen LogP contribution is -2.22. The largest absolute Gasteiger partial charge is 0.463 e. The molecule has 0 unspecified atom stereocenters. The molecule has 0 bridgehead atoms. The topological polar surface area (TPSA) is 76.0 Å². The summed E-state index contributed by atoms with van der Waals surface area (Å²) in [5.74, 6) is -0.130. The van der Waals surface area contributed by atoms with Gasteiger partial charge >= 0.3 is 5.97 Å². The summed E-state index contributed by atoms with van der Waals surface area (Å²) in [5.41, 5.74) is 0. The van der Waals surface area contributed by atoms with E-state index in [0.29, 0.717) is 25.9 Å². The molecule has 1 heterocycles. The van der Waals surface area contributed by atoms with Crippen LogP contribution >= 0.6 is 0 Å². The number of esters is 1. The van der Waals surface area contributed by atoms with E-state index in [9.17, 15) is 15.0 Å². The number of rotatable bonds is 10. The van der Waals surface area contributed by atoms with Gasteiger partial charge in [-0.05, 0) is 39.5 Å². The van der Waals surface area contributed by atoms with E-state index < -0.39 is 12.2 Å². The van der Waals surface area contributed by atoms with Gasteiger partial charge < -0.3 is 19.7 Å². The van der Waals surface area contributed by atoms with E-state index in [0.717, 1.165) is 12.8 Å². The molecule has 5 nitrogen and oxygen atoms in total. The van der Waals surface area contributed by atoms with Crippen molar-refractivity contribution < 1.29 is 24.5 Å². The maximum atomic E-state index is 11.4. The first kappa shape index (κ1) is 20.9. The van der Waals surface area contributed by atoms with Crippen LogP contribution in [0.1, 0.15) is 52.9 Å². The zero-order valence-electron chi connectivity index (χ0n) is 15.1. The molecule has 0 saturated carbocycles. The lowest BCUT2D eigenvalue weighted by molar-refractivity contribution is -0.147. The quantitative estimate of drug-likeness (QED) is 0.472. The molecule has 0 aliphatic carbocycles. The molecule has 138 valence electrons. The minimum Gasteiger partial charge on any atom is -0.463 e. The van der Waals surface area contributed by atoms with Crippen LogP contribution in [0.4, 0.5) is 0 Å². The zero-order valence-corrected chi connectivity index (χ0v) is 15.1. The fourth-order valence-electron chi connectivity index (χ4n) is 2.65. The Morgan fingerprint density at radius 3 is 2.71 bits per heavy atom. The molecular weight excluding hydrogens is 308 g/mol. The Labute approximate surface area is 145 Å². The van der Waals surface area contributed by atoms with Crippen LogP contribution in [0, 0.1) is 5.92 Å². The highest BCUT2D eigenvalue weighted by atomic mass is 16.5. The molecule has 4 atom stereocenters. The second-order valence-electron chi connectivity index (χ2n) is 6.52. The third-order valence-electron chi connectivity index (χ3n) is 4.03. The molecule has 0 aromatic carbocycles. The molecule has 2 N–H and O–H groups in total. The van der Waals surface area contributed by atoms with Crippen LogP contribution in [0.15, 0.2) is 24.3 Å². The zero-order chi connectivity index (χ0) is 17.9. The molecule has 1 fully saturated rings. The average molecular weight is 340 g/mol. The fourth-order valence-corrected chi connectivity index (χ4v) is 2.65. The second-order valence-corrected chi connectivity index (χ2v) is 6.52. The summed E-state index contributed by atoms with van der Waals surface area (Å²) in [6.07, 6.45) is 9.85. The smallest absolute Gasteiger partial charge is 0.306 e.